The molecule has 0 rings (SSSR count). The van der Waals surface area contributed by atoms with Gasteiger partial charge in [-0.2, -0.15) is 0 Å². The molecule has 0 fully saturated rings. The molecule has 0 saturated carbocycles. The Bertz CT molecular complexity index is 1030. The van der Waals surface area contributed by atoms with Gasteiger partial charge in [-0.05, 0) is 31.1 Å². The Balaban J connectivity index is 4.23. The molecule has 0 aliphatic rings. The lowest BCUT2D eigenvalue weighted by molar-refractivity contribution is -0.167. The molecule has 0 bridgehead atoms. The fourth-order valence-corrected chi connectivity index (χ4v) is 9.37. The second-order valence-corrected chi connectivity index (χ2v) is 21.7. The lowest BCUT2D eigenvalue weighted by Gasteiger charge is -2.18. The molecule has 1 unspecified atom stereocenters. The predicted octanol–water partition coefficient (Wildman–Crippen LogP) is 20.0. The standard InChI is InChI=1S/C61H118O6/c1-6-8-9-10-11-12-13-20-26-31-36-41-46-51-59(62)65-54-58(67-61(64)53-48-43-38-33-28-23-24-29-34-39-44-49-56(3)4)55-66-60(63)52-47-42-37-32-27-22-19-17-15-14-16-18-21-25-30-35-40-45-50-57(5)7-2/h56-58H,6-55H2,1-5H3/t57?,58-/m1/s1. The van der Waals surface area contributed by atoms with Gasteiger partial charge in [-0.3, -0.25) is 14.4 Å². The number of hydrogen-bond acceptors (Lipinski definition) is 6. The smallest absolute Gasteiger partial charge is 0.306 e. The van der Waals surface area contributed by atoms with E-state index in [1.165, 1.54) is 231 Å². The van der Waals surface area contributed by atoms with Crippen LogP contribution < -0.4 is 0 Å². The van der Waals surface area contributed by atoms with Gasteiger partial charge in [0.25, 0.3) is 0 Å². The van der Waals surface area contributed by atoms with Crippen LogP contribution in [-0.4, -0.2) is 37.2 Å². The van der Waals surface area contributed by atoms with E-state index in [-0.39, 0.29) is 31.1 Å². The molecule has 0 saturated heterocycles. The molecule has 2 atom stereocenters. The maximum absolute atomic E-state index is 12.8. The molecule has 0 aliphatic heterocycles. The molecule has 0 radical (unpaired) electrons. The van der Waals surface area contributed by atoms with Crippen molar-refractivity contribution in [3.05, 3.63) is 0 Å². The number of carbonyl (C=O) groups excluding carboxylic acids is 3. The van der Waals surface area contributed by atoms with Gasteiger partial charge in [-0.15, -0.1) is 0 Å². The summed E-state index contributed by atoms with van der Waals surface area (Å²) in [4.78, 5) is 38.2. The molecule has 0 aromatic rings. The monoisotopic (exact) mass is 947 g/mol. The molecule has 0 aromatic heterocycles. The van der Waals surface area contributed by atoms with Gasteiger partial charge in [0, 0.05) is 19.3 Å². The second-order valence-electron chi connectivity index (χ2n) is 21.7. The summed E-state index contributed by atoms with van der Waals surface area (Å²) in [7, 11) is 0. The number of carbonyl (C=O) groups is 3. The number of esters is 3. The largest absolute Gasteiger partial charge is 0.462 e. The lowest BCUT2D eigenvalue weighted by atomic mass is 9.99. The first-order valence-electron chi connectivity index (χ1n) is 30.3. The Labute approximate surface area is 418 Å². The molecular weight excluding hydrogens is 829 g/mol. The van der Waals surface area contributed by atoms with E-state index in [4.69, 9.17) is 14.2 Å². The summed E-state index contributed by atoms with van der Waals surface area (Å²) in [6, 6.07) is 0. The third kappa shape index (κ3) is 53.6. The van der Waals surface area contributed by atoms with Crippen molar-refractivity contribution in [2.24, 2.45) is 11.8 Å². The first-order chi connectivity index (χ1) is 32.8. The third-order valence-electron chi connectivity index (χ3n) is 14.3. The van der Waals surface area contributed by atoms with Crippen molar-refractivity contribution in [3.8, 4) is 0 Å². The Morgan fingerprint density at radius 3 is 0.851 bits per heavy atom. The van der Waals surface area contributed by atoms with E-state index in [1.54, 1.807) is 0 Å². The lowest BCUT2D eigenvalue weighted by Crippen LogP contribution is -2.30. The average molecular weight is 948 g/mol. The minimum absolute atomic E-state index is 0.0624. The average Bonchev–Trinajstić information content (AvgIpc) is 3.31. The first-order valence-corrected chi connectivity index (χ1v) is 30.3. The fourth-order valence-electron chi connectivity index (χ4n) is 9.37. The highest BCUT2D eigenvalue weighted by Crippen LogP contribution is 2.19. The first kappa shape index (κ1) is 65.4. The highest BCUT2D eigenvalue weighted by molar-refractivity contribution is 5.71. The van der Waals surface area contributed by atoms with Crippen molar-refractivity contribution in [2.45, 2.75) is 349 Å². The third-order valence-corrected chi connectivity index (χ3v) is 14.3. The van der Waals surface area contributed by atoms with Crippen LogP contribution >= 0.6 is 0 Å². The molecule has 67 heavy (non-hydrogen) atoms. The molecule has 0 amide bonds. The summed E-state index contributed by atoms with van der Waals surface area (Å²) < 4.78 is 16.9. The Morgan fingerprint density at radius 1 is 0.313 bits per heavy atom. The number of ether oxygens (including phenoxy) is 3. The van der Waals surface area contributed by atoms with Gasteiger partial charge in [0.05, 0.1) is 0 Å². The predicted molar refractivity (Wildman–Crippen MR) is 289 cm³/mol. The molecule has 0 aromatic carbocycles. The number of unbranched alkanes of at least 4 members (excludes halogenated alkanes) is 39. The molecular formula is C61H118O6. The molecule has 6 nitrogen and oxygen atoms in total. The normalized spacial score (nSPS) is 12.4. The Kier molecular flexibility index (Phi) is 52.5. The van der Waals surface area contributed by atoms with E-state index < -0.39 is 6.10 Å². The minimum atomic E-state index is -0.763. The van der Waals surface area contributed by atoms with Crippen LogP contribution in [0.4, 0.5) is 0 Å². The van der Waals surface area contributed by atoms with Crippen LogP contribution in [0.3, 0.4) is 0 Å². The van der Waals surface area contributed by atoms with Crippen molar-refractivity contribution < 1.29 is 28.6 Å². The number of hydrogen-bond donors (Lipinski definition) is 0. The summed E-state index contributed by atoms with van der Waals surface area (Å²) in [6.07, 6.45) is 58.1. The van der Waals surface area contributed by atoms with Crippen LogP contribution in [-0.2, 0) is 28.6 Å². The van der Waals surface area contributed by atoms with Crippen LogP contribution in [0.1, 0.15) is 343 Å². The molecule has 0 spiro atoms. The van der Waals surface area contributed by atoms with Crippen LogP contribution in [0.25, 0.3) is 0 Å². The zero-order valence-corrected chi connectivity index (χ0v) is 46.0. The molecule has 0 N–H and O–H groups in total. The van der Waals surface area contributed by atoms with Gasteiger partial charge in [-0.1, -0.05) is 304 Å². The van der Waals surface area contributed by atoms with Gasteiger partial charge in [0.2, 0.25) is 0 Å². The zero-order chi connectivity index (χ0) is 48.9. The maximum Gasteiger partial charge on any atom is 0.306 e. The van der Waals surface area contributed by atoms with E-state index in [1.807, 2.05) is 0 Å². The van der Waals surface area contributed by atoms with Crippen LogP contribution in [0, 0.1) is 11.8 Å². The highest BCUT2D eigenvalue weighted by atomic mass is 16.6. The van der Waals surface area contributed by atoms with Gasteiger partial charge in [-0.25, -0.2) is 0 Å². The van der Waals surface area contributed by atoms with E-state index in [2.05, 4.69) is 34.6 Å². The van der Waals surface area contributed by atoms with Crippen molar-refractivity contribution in [3.63, 3.8) is 0 Å². The van der Waals surface area contributed by atoms with E-state index in [9.17, 15) is 14.4 Å². The zero-order valence-electron chi connectivity index (χ0n) is 46.0. The summed E-state index contributed by atoms with van der Waals surface area (Å²) in [5.41, 5.74) is 0. The van der Waals surface area contributed by atoms with Crippen molar-refractivity contribution in [1.82, 2.24) is 0 Å². The van der Waals surface area contributed by atoms with Gasteiger partial charge >= 0.3 is 17.9 Å². The summed E-state index contributed by atoms with van der Waals surface area (Å²) in [6.45, 7) is 11.5. The summed E-state index contributed by atoms with van der Waals surface area (Å²) in [5, 5.41) is 0. The Hall–Kier alpha value is -1.59. The molecule has 0 heterocycles. The molecule has 0 aliphatic carbocycles. The highest BCUT2D eigenvalue weighted by Gasteiger charge is 2.19. The van der Waals surface area contributed by atoms with Gasteiger partial charge < -0.3 is 14.2 Å². The van der Waals surface area contributed by atoms with Gasteiger partial charge in [0.1, 0.15) is 13.2 Å². The van der Waals surface area contributed by atoms with Crippen LogP contribution in [0.15, 0.2) is 0 Å². The van der Waals surface area contributed by atoms with E-state index in [0.29, 0.717) is 19.3 Å². The van der Waals surface area contributed by atoms with Crippen molar-refractivity contribution >= 4 is 17.9 Å². The van der Waals surface area contributed by atoms with E-state index >= 15 is 0 Å². The quantitative estimate of drug-likeness (QED) is 0.0343. The topological polar surface area (TPSA) is 78.9 Å². The fraction of sp³-hybridized carbons (Fsp3) is 0.951. The van der Waals surface area contributed by atoms with Crippen LogP contribution in [0.5, 0.6) is 0 Å². The maximum atomic E-state index is 12.8. The summed E-state index contributed by atoms with van der Waals surface area (Å²) >= 11 is 0. The summed E-state index contributed by atoms with van der Waals surface area (Å²) in [5.74, 6) is 0.898. The number of rotatable bonds is 55. The minimum Gasteiger partial charge on any atom is -0.462 e. The van der Waals surface area contributed by atoms with Gasteiger partial charge in [0.15, 0.2) is 6.10 Å². The van der Waals surface area contributed by atoms with Crippen LogP contribution in [0.2, 0.25) is 0 Å². The van der Waals surface area contributed by atoms with Crippen molar-refractivity contribution in [2.75, 3.05) is 13.2 Å². The second kappa shape index (κ2) is 53.8. The molecule has 6 heteroatoms. The van der Waals surface area contributed by atoms with E-state index in [0.717, 1.165) is 69.6 Å². The SMILES string of the molecule is CCCCCCCCCCCCCCCC(=O)OC[C@H](COC(=O)CCCCCCCCCCCCCCCCCCCCC(C)CC)OC(=O)CCCCCCCCCCCCCC(C)C. The van der Waals surface area contributed by atoms with Crippen molar-refractivity contribution in [1.29, 1.82) is 0 Å². The molecule has 398 valence electrons. The Morgan fingerprint density at radius 2 is 0.567 bits per heavy atom.